The van der Waals surface area contributed by atoms with Crippen molar-refractivity contribution in [2.24, 2.45) is 0 Å². The van der Waals surface area contributed by atoms with E-state index in [2.05, 4.69) is 61.6 Å². The van der Waals surface area contributed by atoms with Crippen LogP contribution in [0.1, 0.15) is 32.0 Å². The van der Waals surface area contributed by atoms with Gasteiger partial charge in [0.2, 0.25) is 0 Å². The number of benzene rings is 2. The van der Waals surface area contributed by atoms with Crippen molar-refractivity contribution in [3.8, 4) is 10.8 Å². The Morgan fingerprint density at radius 3 is 2.71 bits per heavy atom. The van der Waals surface area contributed by atoms with Gasteiger partial charge in [0, 0.05) is 21.6 Å². The fraction of sp³-hybridized carbons (Fsp3) is 0.217. The van der Waals surface area contributed by atoms with Crippen LogP contribution in [0.15, 0.2) is 64.5 Å². The molecule has 0 saturated carbocycles. The van der Waals surface area contributed by atoms with Gasteiger partial charge >= 0.3 is 0 Å². The second kappa shape index (κ2) is 6.31. The first-order valence-electron chi connectivity index (χ1n) is 9.37. The summed E-state index contributed by atoms with van der Waals surface area (Å²) in [6.07, 6.45) is 1.92. The minimum atomic E-state index is 0.0421. The van der Waals surface area contributed by atoms with Gasteiger partial charge in [-0.1, -0.05) is 45.0 Å². The quantitative estimate of drug-likeness (QED) is 0.367. The Balaban J connectivity index is 1.47. The summed E-state index contributed by atoms with van der Waals surface area (Å²) in [5.41, 5.74) is 4.37. The summed E-state index contributed by atoms with van der Waals surface area (Å²) in [6, 6.07) is 16.7. The first kappa shape index (κ1) is 17.2. The summed E-state index contributed by atoms with van der Waals surface area (Å²) in [5.74, 6) is 0.831. The second-order valence-electron chi connectivity index (χ2n) is 8.13. The minimum Gasteiger partial charge on any atom is -0.454 e. The van der Waals surface area contributed by atoms with Crippen LogP contribution in [0.5, 0.6) is 0 Å². The number of aromatic nitrogens is 3. The minimum absolute atomic E-state index is 0.0421. The average molecular weight is 388 g/mol. The third-order valence-corrected chi connectivity index (χ3v) is 5.80. The topological polar surface area (TPSA) is 43.9 Å². The lowest BCUT2D eigenvalue weighted by molar-refractivity contribution is 0.571. The lowest BCUT2D eigenvalue weighted by Gasteiger charge is -2.13. The highest BCUT2D eigenvalue weighted by Gasteiger charge is 2.19. The van der Waals surface area contributed by atoms with Crippen LogP contribution in [-0.4, -0.2) is 14.8 Å². The molecule has 28 heavy (non-hydrogen) atoms. The molecule has 2 aromatic carbocycles. The average Bonchev–Trinajstić information content (AvgIpc) is 3.39. The number of thiazole rings is 1. The van der Waals surface area contributed by atoms with Crippen LogP contribution < -0.4 is 0 Å². The monoisotopic (exact) mass is 387 g/mol. The molecule has 0 unspecified atom stereocenters. The van der Waals surface area contributed by atoms with Crippen LogP contribution in [0.4, 0.5) is 0 Å². The Kier molecular flexibility index (Phi) is 3.88. The van der Waals surface area contributed by atoms with Crippen molar-refractivity contribution >= 4 is 33.2 Å². The Morgan fingerprint density at radius 1 is 1.04 bits per heavy atom. The molecule has 0 amide bonds. The largest absolute Gasteiger partial charge is 0.454 e. The molecule has 0 spiro atoms. The molecule has 3 aromatic heterocycles. The van der Waals surface area contributed by atoms with Crippen molar-refractivity contribution in [2.45, 2.75) is 32.7 Å². The third kappa shape index (κ3) is 3.02. The molecule has 5 rings (SSSR count). The zero-order chi connectivity index (χ0) is 19.3. The molecular weight excluding hydrogens is 366 g/mol. The Hall–Kier alpha value is -2.92. The van der Waals surface area contributed by atoms with Crippen molar-refractivity contribution in [3.05, 3.63) is 71.4 Å². The highest BCUT2D eigenvalue weighted by Crippen LogP contribution is 2.33. The van der Waals surface area contributed by atoms with Gasteiger partial charge in [-0.3, -0.25) is 4.68 Å². The number of nitrogens with zero attached hydrogens (tertiary/aromatic N) is 3. The summed E-state index contributed by atoms with van der Waals surface area (Å²) in [7, 11) is 0. The van der Waals surface area contributed by atoms with Gasteiger partial charge in [-0.15, -0.1) is 11.3 Å². The van der Waals surface area contributed by atoms with E-state index in [4.69, 9.17) is 9.40 Å². The number of furan rings is 1. The highest BCUT2D eigenvalue weighted by atomic mass is 32.1. The number of para-hydroxylation sites is 1. The van der Waals surface area contributed by atoms with Crippen LogP contribution in [0.3, 0.4) is 0 Å². The number of rotatable bonds is 3. The van der Waals surface area contributed by atoms with Crippen molar-refractivity contribution in [1.82, 2.24) is 14.8 Å². The summed E-state index contributed by atoms with van der Waals surface area (Å²) in [4.78, 5) is 4.78. The van der Waals surface area contributed by atoms with Gasteiger partial charge < -0.3 is 4.42 Å². The van der Waals surface area contributed by atoms with Gasteiger partial charge in [0.25, 0.3) is 0 Å². The van der Waals surface area contributed by atoms with Gasteiger partial charge in [-0.25, -0.2) is 4.98 Å². The molecule has 0 aliphatic rings. The molecule has 0 radical (unpaired) electrons. The van der Waals surface area contributed by atoms with E-state index in [-0.39, 0.29) is 5.41 Å². The molecule has 5 heteroatoms. The van der Waals surface area contributed by atoms with Crippen LogP contribution in [0.2, 0.25) is 0 Å². The molecule has 0 fully saturated rings. The van der Waals surface area contributed by atoms with Crippen LogP contribution in [-0.2, 0) is 12.0 Å². The standard InChI is InChI=1S/C23H21N3OS/c1-23(2,3)21-14-28-22(25-21)20-11-17-10-15(8-9-19(17)27-20)13-26-18-7-5-4-6-16(18)12-24-26/h4-12,14H,13H2,1-3H3. The normalized spacial score (nSPS) is 12.2. The SMILES string of the molecule is CC(C)(C)c1csc(-c2cc3cc(Cn4ncc5ccccc54)ccc3o2)n1. The maximum Gasteiger partial charge on any atom is 0.164 e. The number of hydrogen-bond donors (Lipinski definition) is 0. The molecule has 4 nitrogen and oxygen atoms in total. The maximum atomic E-state index is 6.07. The maximum absolute atomic E-state index is 6.07. The van der Waals surface area contributed by atoms with E-state index in [1.165, 1.54) is 5.56 Å². The van der Waals surface area contributed by atoms with Crippen LogP contribution in [0.25, 0.3) is 32.6 Å². The molecule has 0 atom stereocenters. The molecule has 0 saturated heterocycles. The van der Waals surface area contributed by atoms with Crippen molar-refractivity contribution in [1.29, 1.82) is 0 Å². The third-order valence-electron chi connectivity index (χ3n) is 4.95. The lowest BCUT2D eigenvalue weighted by atomic mass is 9.93. The molecule has 0 aliphatic heterocycles. The van der Waals surface area contributed by atoms with Crippen LogP contribution >= 0.6 is 11.3 Å². The van der Waals surface area contributed by atoms with E-state index in [1.54, 1.807) is 11.3 Å². The van der Waals surface area contributed by atoms with E-state index in [0.29, 0.717) is 0 Å². The predicted molar refractivity (Wildman–Crippen MR) is 115 cm³/mol. The summed E-state index contributed by atoms with van der Waals surface area (Å²) in [5, 5.41) is 9.84. The van der Waals surface area contributed by atoms with Gasteiger partial charge in [0.1, 0.15) is 5.58 Å². The Labute approximate surface area is 167 Å². The zero-order valence-electron chi connectivity index (χ0n) is 16.1. The van der Waals surface area contributed by atoms with Gasteiger partial charge in [-0.05, 0) is 29.8 Å². The molecule has 0 aliphatic carbocycles. The molecule has 0 N–H and O–H groups in total. The molecule has 140 valence electrons. The molecule has 5 aromatic rings. The van der Waals surface area contributed by atoms with Gasteiger partial charge in [-0.2, -0.15) is 5.10 Å². The van der Waals surface area contributed by atoms with E-state index < -0.39 is 0 Å². The molecule has 0 bridgehead atoms. The van der Waals surface area contributed by atoms with Gasteiger partial charge in [0.05, 0.1) is 24.0 Å². The van der Waals surface area contributed by atoms with E-state index in [1.807, 2.05) is 29.1 Å². The Bertz CT molecular complexity index is 1290. The highest BCUT2D eigenvalue weighted by molar-refractivity contribution is 7.13. The van der Waals surface area contributed by atoms with E-state index in [9.17, 15) is 0 Å². The summed E-state index contributed by atoms with van der Waals surface area (Å²) in [6.45, 7) is 7.26. The van der Waals surface area contributed by atoms with E-state index in [0.717, 1.165) is 44.9 Å². The second-order valence-corrected chi connectivity index (χ2v) is 8.99. The van der Waals surface area contributed by atoms with Gasteiger partial charge in [0.15, 0.2) is 10.8 Å². The van der Waals surface area contributed by atoms with E-state index >= 15 is 0 Å². The lowest BCUT2D eigenvalue weighted by Crippen LogP contribution is -2.11. The fourth-order valence-electron chi connectivity index (χ4n) is 3.35. The first-order valence-corrected chi connectivity index (χ1v) is 10.2. The molecular formula is C23H21N3OS. The van der Waals surface area contributed by atoms with Crippen molar-refractivity contribution < 1.29 is 4.42 Å². The predicted octanol–water partition coefficient (Wildman–Crippen LogP) is 6.25. The Morgan fingerprint density at radius 2 is 1.89 bits per heavy atom. The first-order chi connectivity index (χ1) is 13.5. The van der Waals surface area contributed by atoms with Crippen molar-refractivity contribution in [3.63, 3.8) is 0 Å². The summed E-state index contributed by atoms with van der Waals surface area (Å²) >= 11 is 1.64. The number of fused-ring (bicyclic) bond motifs is 2. The fourth-order valence-corrected chi connectivity index (χ4v) is 4.35. The molecule has 3 heterocycles. The number of hydrogen-bond acceptors (Lipinski definition) is 4. The summed E-state index contributed by atoms with van der Waals surface area (Å²) < 4.78 is 8.10. The van der Waals surface area contributed by atoms with Crippen LogP contribution in [0, 0.1) is 0 Å². The van der Waals surface area contributed by atoms with Crippen molar-refractivity contribution in [2.75, 3.05) is 0 Å². The zero-order valence-corrected chi connectivity index (χ0v) is 17.0. The smallest absolute Gasteiger partial charge is 0.164 e.